The summed E-state index contributed by atoms with van der Waals surface area (Å²) in [5.74, 6) is 0. The Balaban J connectivity index is 1.21. The zero-order valence-corrected chi connectivity index (χ0v) is 25.3. The van der Waals surface area contributed by atoms with Crippen LogP contribution in [0, 0.1) is 10.1 Å². The van der Waals surface area contributed by atoms with Crippen LogP contribution in [0.5, 0.6) is 0 Å². The number of hydrogen-bond acceptors (Lipinski definition) is 4. The molecule has 0 amide bonds. The second kappa shape index (κ2) is 12.4. The first-order valence-corrected chi connectivity index (χ1v) is 15.2. The largest absolute Gasteiger partial charge is 0.344 e. The number of nitrogens with zero attached hydrogens (tertiary/aromatic N) is 3. The van der Waals surface area contributed by atoms with Gasteiger partial charge in [0.2, 0.25) is 0 Å². The lowest BCUT2D eigenvalue weighted by Crippen LogP contribution is -2.10. The third-order valence-corrected chi connectivity index (χ3v) is 8.38. The normalized spacial score (nSPS) is 10.9. The Hall–Kier alpha value is -6.20. The first-order chi connectivity index (χ1) is 22.5. The topological polar surface area (TPSA) is 49.6 Å². The van der Waals surface area contributed by atoms with Crippen molar-refractivity contribution in [2.45, 2.75) is 0 Å². The van der Waals surface area contributed by atoms with E-state index in [4.69, 9.17) is 0 Å². The van der Waals surface area contributed by atoms with E-state index in [1.165, 1.54) is 28.0 Å². The molecule has 5 heteroatoms. The van der Waals surface area contributed by atoms with Crippen molar-refractivity contribution in [3.63, 3.8) is 0 Å². The summed E-state index contributed by atoms with van der Waals surface area (Å²) < 4.78 is 0. The van der Waals surface area contributed by atoms with Crippen molar-refractivity contribution >= 4 is 44.9 Å². The molecule has 46 heavy (non-hydrogen) atoms. The lowest BCUT2D eigenvalue weighted by atomic mass is 10.0. The molecule has 0 bridgehead atoms. The smallest absolute Gasteiger partial charge is 0.271 e. The number of benzene rings is 7. The Morgan fingerprint density at radius 3 is 1.59 bits per heavy atom. The molecular formula is C41H31N3O2. The van der Waals surface area contributed by atoms with Crippen LogP contribution in [0.15, 0.2) is 170 Å². The van der Waals surface area contributed by atoms with Crippen molar-refractivity contribution in [2.75, 3.05) is 16.8 Å². The highest BCUT2D eigenvalue weighted by Gasteiger charge is 2.16. The van der Waals surface area contributed by atoms with E-state index < -0.39 is 0 Å². The van der Waals surface area contributed by atoms with Gasteiger partial charge in [-0.25, -0.2) is 0 Å². The monoisotopic (exact) mass is 597 g/mol. The fourth-order valence-electron chi connectivity index (χ4n) is 5.91. The molecule has 7 aromatic carbocycles. The minimum Gasteiger partial charge on any atom is -0.344 e. The van der Waals surface area contributed by atoms with Crippen LogP contribution in [-0.2, 0) is 0 Å². The number of fused-ring (bicyclic) bond motifs is 1. The lowest BCUT2D eigenvalue weighted by Gasteiger charge is -2.27. The van der Waals surface area contributed by atoms with E-state index in [9.17, 15) is 10.1 Å². The van der Waals surface area contributed by atoms with Gasteiger partial charge < -0.3 is 9.80 Å². The van der Waals surface area contributed by atoms with Crippen LogP contribution in [0.3, 0.4) is 0 Å². The molecule has 0 aliphatic rings. The van der Waals surface area contributed by atoms with Crippen molar-refractivity contribution in [2.24, 2.45) is 0 Å². The highest BCUT2D eigenvalue weighted by atomic mass is 16.6. The third-order valence-electron chi connectivity index (χ3n) is 8.38. The Bertz CT molecular complexity index is 2120. The molecule has 0 saturated carbocycles. The number of rotatable bonds is 8. The van der Waals surface area contributed by atoms with Crippen molar-refractivity contribution in [1.29, 1.82) is 0 Å². The van der Waals surface area contributed by atoms with Crippen molar-refractivity contribution in [3.05, 3.63) is 180 Å². The maximum Gasteiger partial charge on any atom is 0.271 e. The summed E-state index contributed by atoms with van der Waals surface area (Å²) in [6, 6.07) is 57.7. The standard InChI is InChI=1S/C41H31N3O2/c1-42(38-13-8-14-39(29-38)44(45)46)35-23-17-32(18-24-35)33-21-27-37(28-22-33)43(41-16-7-12-34-11-5-6-15-40(34)41)36-25-19-31(20-26-36)30-9-3-2-4-10-30/h2-29H,1H3. The fraction of sp³-hybridized carbons (Fsp3) is 0.0244. The van der Waals surface area contributed by atoms with E-state index in [0.29, 0.717) is 0 Å². The van der Waals surface area contributed by atoms with Gasteiger partial charge in [-0.05, 0) is 76.2 Å². The molecule has 0 unspecified atom stereocenters. The van der Waals surface area contributed by atoms with Crippen LogP contribution in [0.2, 0.25) is 0 Å². The average Bonchev–Trinajstić information content (AvgIpc) is 3.12. The van der Waals surface area contributed by atoms with E-state index in [2.05, 4.69) is 132 Å². The van der Waals surface area contributed by atoms with E-state index in [1.807, 2.05) is 36.2 Å². The number of hydrogen-bond donors (Lipinski definition) is 0. The molecule has 0 aliphatic carbocycles. The summed E-state index contributed by atoms with van der Waals surface area (Å²) >= 11 is 0. The number of non-ortho nitro benzene ring substituents is 1. The molecule has 0 radical (unpaired) electrons. The molecule has 0 atom stereocenters. The van der Waals surface area contributed by atoms with Gasteiger partial charge in [0.1, 0.15) is 0 Å². The molecule has 7 aromatic rings. The van der Waals surface area contributed by atoms with Crippen LogP contribution in [0.4, 0.5) is 34.1 Å². The van der Waals surface area contributed by atoms with Crippen LogP contribution in [0.1, 0.15) is 0 Å². The number of anilines is 5. The second-order valence-corrected chi connectivity index (χ2v) is 11.2. The van der Waals surface area contributed by atoms with E-state index in [-0.39, 0.29) is 10.6 Å². The molecule has 0 aliphatic heterocycles. The number of nitro groups is 1. The second-order valence-electron chi connectivity index (χ2n) is 11.2. The summed E-state index contributed by atoms with van der Waals surface area (Å²) in [4.78, 5) is 15.1. The van der Waals surface area contributed by atoms with E-state index >= 15 is 0 Å². The molecular weight excluding hydrogens is 566 g/mol. The highest BCUT2D eigenvalue weighted by Crippen LogP contribution is 2.40. The molecule has 7 rings (SSSR count). The van der Waals surface area contributed by atoms with Gasteiger partial charge in [0, 0.05) is 47.3 Å². The van der Waals surface area contributed by atoms with E-state index in [1.54, 1.807) is 12.1 Å². The Morgan fingerprint density at radius 2 is 0.978 bits per heavy atom. The summed E-state index contributed by atoms with van der Waals surface area (Å²) in [6.07, 6.45) is 0. The van der Waals surface area contributed by atoms with Crippen LogP contribution in [0.25, 0.3) is 33.0 Å². The Kier molecular flexibility index (Phi) is 7.71. The summed E-state index contributed by atoms with van der Waals surface area (Å²) in [6.45, 7) is 0. The molecule has 222 valence electrons. The molecule has 0 spiro atoms. The van der Waals surface area contributed by atoms with Crippen molar-refractivity contribution in [3.8, 4) is 22.3 Å². The van der Waals surface area contributed by atoms with Gasteiger partial charge in [-0.15, -0.1) is 0 Å². The Labute approximate surface area is 268 Å². The van der Waals surface area contributed by atoms with Crippen LogP contribution >= 0.6 is 0 Å². The predicted octanol–water partition coefficient (Wildman–Crippen LogP) is 11.3. The highest BCUT2D eigenvalue weighted by molar-refractivity contribution is 5.99. The first kappa shape index (κ1) is 28.6. The Morgan fingerprint density at radius 1 is 0.478 bits per heavy atom. The maximum atomic E-state index is 11.2. The predicted molar refractivity (Wildman–Crippen MR) is 191 cm³/mol. The summed E-state index contributed by atoms with van der Waals surface area (Å²) in [5.41, 5.74) is 9.61. The molecule has 0 N–H and O–H groups in total. The van der Waals surface area contributed by atoms with Crippen LogP contribution < -0.4 is 9.80 Å². The van der Waals surface area contributed by atoms with Gasteiger partial charge >= 0.3 is 0 Å². The minimum atomic E-state index is -0.370. The van der Waals surface area contributed by atoms with Gasteiger partial charge in [-0.1, -0.05) is 109 Å². The van der Waals surface area contributed by atoms with Crippen molar-refractivity contribution < 1.29 is 4.92 Å². The maximum absolute atomic E-state index is 11.2. The molecule has 0 fully saturated rings. The lowest BCUT2D eigenvalue weighted by molar-refractivity contribution is -0.384. The van der Waals surface area contributed by atoms with Gasteiger partial charge in [0.15, 0.2) is 0 Å². The van der Waals surface area contributed by atoms with Crippen LogP contribution in [-0.4, -0.2) is 12.0 Å². The zero-order valence-electron chi connectivity index (χ0n) is 25.3. The first-order valence-electron chi connectivity index (χ1n) is 15.2. The SMILES string of the molecule is CN(c1ccc(-c2ccc(N(c3ccc(-c4ccccc4)cc3)c3cccc4ccccc34)cc2)cc1)c1cccc([N+](=O)[O-])c1. The fourth-order valence-corrected chi connectivity index (χ4v) is 5.91. The molecule has 0 aromatic heterocycles. The van der Waals surface area contributed by atoms with Gasteiger partial charge in [-0.2, -0.15) is 0 Å². The molecule has 0 heterocycles. The summed E-state index contributed by atoms with van der Waals surface area (Å²) in [7, 11) is 1.91. The van der Waals surface area contributed by atoms with Gasteiger partial charge in [0.05, 0.1) is 10.6 Å². The van der Waals surface area contributed by atoms with Crippen molar-refractivity contribution in [1.82, 2.24) is 0 Å². The summed E-state index contributed by atoms with van der Waals surface area (Å²) in [5, 5.41) is 13.6. The number of nitro benzene ring substituents is 1. The average molecular weight is 598 g/mol. The van der Waals surface area contributed by atoms with Gasteiger partial charge in [0.25, 0.3) is 5.69 Å². The van der Waals surface area contributed by atoms with E-state index in [0.717, 1.165) is 39.6 Å². The quantitative estimate of drug-likeness (QED) is 0.129. The molecule has 0 saturated heterocycles. The zero-order chi connectivity index (χ0) is 31.5. The third kappa shape index (κ3) is 5.70. The minimum absolute atomic E-state index is 0.0748. The molecule has 5 nitrogen and oxygen atoms in total. The van der Waals surface area contributed by atoms with Gasteiger partial charge in [-0.3, -0.25) is 10.1 Å².